The molecule has 0 saturated heterocycles. The lowest BCUT2D eigenvalue weighted by Gasteiger charge is -2.19. The van der Waals surface area contributed by atoms with Crippen molar-refractivity contribution in [2.45, 2.75) is 19.4 Å². The van der Waals surface area contributed by atoms with Crippen molar-refractivity contribution in [3.63, 3.8) is 0 Å². The summed E-state index contributed by atoms with van der Waals surface area (Å²) < 4.78 is 23.0. The van der Waals surface area contributed by atoms with Gasteiger partial charge in [0.2, 0.25) is 5.91 Å². The first-order valence-corrected chi connectivity index (χ1v) is 9.89. The minimum Gasteiger partial charge on any atom is -0.493 e. The fourth-order valence-electron chi connectivity index (χ4n) is 3.40. The van der Waals surface area contributed by atoms with E-state index in [-0.39, 0.29) is 17.9 Å². The number of carbonyl (C=O) groups excluding carboxylic acids is 1. The fraction of sp³-hybridized carbons (Fsp3) is 0.318. The molecule has 1 aliphatic rings. The first kappa shape index (κ1) is 20.5. The Morgan fingerprint density at radius 1 is 1.10 bits per heavy atom. The number of rotatable bonds is 7. The van der Waals surface area contributed by atoms with Crippen LogP contribution in [-0.2, 0) is 11.3 Å². The third-order valence-electron chi connectivity index (χ3n) is 4.96. The molecule has 9 nitrogen and oxygen atoms in total. The van der Waals surface area contributed by atoms with Crippen LogP contribution in [0.3, 0.4) is 0 Å². The van der Waals surface area contributed by atoms with Crippen molar-refractivity contribution in [2.75, 3.05) is 32.8 Å². The molecule has 162 valence electrons. The topological polar surface area (TPSA) is 101 Å². The number of aromatic nitrogens is 2. The quantitative estimate of drug-likeness (QED) is 0.621. The Balaban J connectivity index is 1.39. The van der Waals surface area contributed by atoms with E-state index >= 15 is 0 Å². The normalized spacial score (nSPS) is 12.5. The summed E-state index contributed by atoms with van der Waals surface area (Å²) >= 11 is 0. The molecule has 4 rings (SSSR count). The van der Waals surface area contributed by atoms with E-state index in [1.807, 2.05) is 0 Å². The number of fused-ring (bicyclic) bond motifs is 2. The highest BCUT2D eigenvalue weighted by atomic mass is 16.6. The lowest BCUT2D eigenvalue weighted by Crippen LogP contribution is -2.22. The molecule has 1 aromatic heterocycles. The standard InChI is InChI=1S/C22H23N3O6/c1-28-18-11-15-16(12-19(18)29-2)23-13-25(22(15)27)7-3-4-21(26)24-14-5-6-17-20(10-14)31-9-8-30-17/h5-6,10-13H,3-4,7-9H2,1-2H3,(H,24,26). The van der Waals surface area contributed by atoms with E-state index in [9.17, 15) is 9.59 Å². The van der Waals surface area contributed by atoms with Gasteiger partial charge in [-0.3, -0.25) is 14.2 Å². The molecule has 2 heterocycles. The number of carbonyl (C=O) groups is 1. The number of hydrogen-bond donors (Lipinski definition) is 1. The maximum atomic E-state index is 12.8. The summed E-state index contributed by atoms with van der Waals surface area (Å²) in [7, 11) is 3.04. The van der Waals surface area contributed by atoms with Crippen LogP contribution in [0.15, 0.2) is 41.5 Å². The van der Waals surface area contributed by atoms with Crippen molar-refractivity contribution in [2.24, 2.45) is 0 Å². The van der Waals surface area contributed by atoms with Gasteiger partial charge in [0.05, 0.1) is 31.4 Å². The zero-order chi connectivity index (χ0) is 21.8. The van der Waals surface area contributed by atoms with Crippen molar-refractivity contribution < 1.29 is 23.7 Å². The number of nitrogens with one attached hydrogen (secondary N) is 1. The Bertz CT molecular complexity index is 1170. The zero-order valence-corrected chi connectivity index (χ0v) is 17.3. The number of methoxy groups -OCH3 is 2. The van der Waals surface area contributed by atoms with Gasteiger partial charge in [0.15, 0.2) is 23.0 Å². The molecule has 0 saturated carbocycles. The van der Waals surface area contributed by atoms with E-state index in [0.29, 0.717) is 65.8 Å². The third kappa shape index (κ3) is 4.40. The average Bonchev–Trinajstić information content (AvgIpc) is 2.79. The maximum Gasteiger partial charge on any atom is 0.261 e. The molecule has 0 atom stereocenters. The van der Waals surface area contributed by atoms with Gasteiger partial charge in [-0.25, -0.2) is 4.98 Å². The van der Waals surface area contributed by atoms with E-state index < -0.39 is 0 Å². The van der Waals surface area contributed by atoms with E-state index in [0.717, 1.165) is 0 Å². The largest absolute Gasteiger partial charge is 0.493 e. The molecule has 9 heteroatoms. The molecule has 1 N–H and O–H groups in total. The van der Waals surface area contributed by atoms with Crippen molar-refractivity contribution in [1.29, 1.82) is 0 Å². The van der Waals surface area contributed by atoms with Gasteiger partial charge in [0.1, 0.15) is 13.2 Å². The van der Waals surface area contributed by atoms with Gasteiger partial charge < -0.3 is 24.3 Å². The molecule has 31 heavy (non-hydrogen) atoms. The van der Waals surface area contributed by atoms with Crippen LogP contribution in [0.5, 0.6) is 23.0 Å². The first-order valence-electron chi connectivity index (χ1n) is 9.89. The predicted molar refractivity (Wildman–Crippen MR) is 114 cm³/mol. The number of hydrogen-bond acceptors (Lipinski definition) is 7. The predicted octanol–water partition coefficient (Wildman–Crippen LogP) is 2.60. The van der Waals surface area contributed by atoms with Gasteiger partial charge in [-0.1, -0.05) is 0 Å². The molecule has 1 amide bonds. The molecule has 0 spiro atoms. The monoisotopic (exact) mass is 425 g/mol. The summed E-state index contributed by atoms with van der Waals surface area (Å²) in [6.45, 7) is 1.37. The summed E-state index contributed by atoms with van der Waals surface area (Å²) in [6.07, 6.45) is 2.22. The molecule has 0 fully saturated rings. The lowest BCUT2D eigenvalue weighted by molar-refractivity contribution is -0.116. The molecule has 0 radical (unpaired) electrons. The fourth-order valence-corrected chi connectivity index (χ4v) is 3.40. The molecule has 3 aromatic rings. The van der Waals surface area contributed by atoms with Gasteiger partial charge in [-0.05, 0) is 24.6 Å². The Kier molecular flexibility index (Phi) is 5.92. The van der Waals surface area contributed by atoms with Crippen LogP contribution in [0.4, 0.5) is 5.69 Å². The van der Waals surface area contributed by atoms with E-state index in [4.69, 9.17) is 18.9 Å². The SMILES string of the molecule is COc1cc2ncn(CCCC(=O)Nc3ccc4c(c3)OCCO4)c(=O)c2cc1OC. The number of ether oxygens (including phenoxy) is 4. The number of nitrogens with zero attached hydrogens (tertiary/aromatic N) is 2. The molecular weight excluding hydrogens is 402 g/mol. The second-order valence-corrected chi connectivity index (χ2v) is 6.98. The average molecular weight is 425 g/mol. The summed E-state index contributed by atoms with van der Waals surface area (Å²) in [5, 5.41) is 3.27. The van der Waals surface area contributed by atoms with Gasteiger partial charge in [-0.2, -0.15) is 0 Å². The van der Waals surface area contributed by atoms with Crippen LogP contribution in [0.25, 0.3) is 10.9 Å². The van der Waals surface area contributed by atoms with E-state index in [2.05, 4.69) is 10.3 Å². The Morgan fingerprint density at radius 2 is 1.84 bits per heavy atom. The highest BCUT2D eigenvalue weighted by Crippen LogP contribution is 2.32. The smallest absolute Gasteiger partial charge is 0.261 e. The Hall–Kier alpha value is -3.75. The van der Waals surface area contributed by atoms with Crippen LogP contribution in [0.1, 0.15) is 12.8 Å². The third-order valence-corrected chi connectivity index (χ3v) is 4.96. The summed E-state index contributed by atoms with van der Waals surface area (Å²) in [4.78, 5) is 29.4. The molecule has 0 unspecified atom stereocenters. The van der Waals surface area contributed by atoms with Crippen molar-refractivity contribution >= 4 is 22.5 Å². The van der Waals surface area contributed by atoms with Crippen LogP contribution in [0, 0.1) is 0 Å². The maximum absolute atomic E-state index is 12.8. The van der Waals surface area contributed by atoms with Gasteiger partial charge >= 0.3 is 0 Å². The molecule has 1 aliphatic heterocycles. The molecule has 0 bridgehead atoms. The second kappa shape index (κ2) is 8.95. The highest BCUT2D eigenvalue weighted by molar-refractivity contribution is 5.91. The zero-order valence-electron chi connectivity index (χ0n) is 17.3. The number of benzene rings is 2. The second-order valence-electron chi connectivity index (χ2n) is 6.98. The number of anilines is 1. The molecule has 2 aromatic carbocycles. The Labute approximate surface area is 178 Å². The van der Waals surface area contributed by atoms with Crippen molar-refractivity contribution in [1.82, 2.24) is 9.55 Å². The van der Waals surface area contributed by atoms with Gasteiger partial charge in [-0.15, -0.1) is 0 Å². The van der Waals surface area contributed by atoms with Crippen LogP contribution >= 0.6 is 0 Å². The van der Waals surface area contributed by atoms with Gasteiger partial charge in [0, 0.05) is 30.8 Å². The van der Waals surface area contributed by atoms with E-state index in [1.54, 1.807) is 30.3 Å². The first-order chi connectivity index (χ1) is 15.1. The molecular formula is C22H23N3O6. The summed E-state index contributed by atoms with van der Waals surface area (Å²) in [5.74, 6) is 2.11. The van der Waals surface area contributed by atoms with Crippen LogP contribution < -0.4 is 29.8 Å². The van der Waals surface area contributed by atoms with Crippen molar-refractivity contribution in [3.8, 4) is 23.0 Å². The van der Waals surface area contributed by atoms with E-state index in [1.165, 1.54) is 25.1 Å². The lowest BCUT2D eigenvalue weighted by atomic mass is 10.2. The summed E-state index contributed by atoms with van der Waals surface area (Å²) in [6, 6.07) is 8.57. The number of amides is 1. The highest BCUT2D eigenvalue weighted by Gasteiger charge is 2.14. The van der Waals surface area contributed by atoms with Gasteiger partial charge in [0.25, 0.3) is 5.56 Å². The van der Waals surface area contributed by atoms with Crippen LogP contribution in [0.2, 0.25) is 0 Å². The molecule has 0 aliphatic carbocycles. The van der Waals surface area contributed by atoms with Crippen LogP contribution in [-0.4, -0.2) is 42.9 Å². The Morgan fingerprint density at radius 3 is 2.61 bits per heavy atom. The number of aryl methyl sites for hydroxylation is 1. The van der Waals surface area contributed by atoms with Crippen molar-refractivity contribution in [3.05, 3.63) is 47.0 Å². The summed E-state index contributed by atoms with van der Waals surface area (Å²) in [5.41, 5.74) is 0.966. The minimum absolute atomic E-state index is 0.148. The minimum atomic E-state index is -0.196.